The van der Waals surface area contributed by atoms with E-state index in [-0.39, 0.29) is 23.4 Å². The summed E-state index contributed by atoms with van der Waals surface area (Å²) in [6, 6.07) is 8.29. The van der Waals surface area contributed by atoms with Crippen molar-refractivity contribution in [1.29, 1.82) is 0 Å². The number of hydrogen-bond acceptors (Lipinski definition) is 4. The van der Waals surface area contributed by atoms with E-state index < -0.39 is 32.6 Å². The maximum atomic E-state index is 13.2. The van der Waals surface area contributed by atoms with Crippen LogP contribution in [0, 0.1) is 0 Å². The van der Waals surface area contributed by atoms with E-state index in [1.165, 1.54) is 18.2 Å². The van der Waals surface area contributed by atoms with Crippen LogP contribution in [-0.4, -0.2) is 40.8 Å². The van der Waals surface area contributed by atoms with Gasteiger partial charge in [-0.3, -0.25) is 0 Å². The standard InChI is InChI=1S/C17H14F3N3O4S/c1-23(28(26,27)13-8-3-2-6-11(13)17(18,19)20)9-14-21-12-7-4-5-10(16(24)25)15(12)22-14/h2-8H,9H2,1H3,(H,21,22)(H,24,25). The summed E-state index contributed by atoms with van der Waals surface area (Å²) in [6.07, 6.45) is -4.83. The summed E-state index contributed by atoms with van der Waals surface area (Å²) >= 11 is 0. The van der Waals surface area contributed by atoms with Gasteiger partial charge in [-0.1, -0.05) is 18.2 Å². The largest absolute Gasteiger partial charge is 0.478 e. The maximum Gasteiger partial charge on any atom is 0.417 e. The minimum Gasteiger partial charge on any atom is -0.478 e. The van der Waals surface area contributed by atoms with Crippen LogP contribution >= 0.6 is 0 Å². The highest BCUT2D eigenvalue weighted by atomic mass is 32.2. The lowest BCUT2D eigenvalue weighted by atomic mass is 10.2. The molecule has 11 heteroatoms. The highest BCUT2D eigenvalue weighted by Crippen LogP contribution is 2.35. The van der Waals surface area contributed by atoms with Crippen molar-refractivity contribution in [2.45, 2.75) is 17.6 Å². The molecule has 148 valence electrons. The van der Waals surface area contributed by atoms with Crippen LogP contribution in [-0.2, 0) is 22.7 Å². The fourth-order valence-electron chi connectivity index (χ4n) is 2.72. The van der Waals surface area contributed by atoms with Gasteiger partial charge in [0, 0.05) is 7.05 Å². The number of alkyl halides is 3. The molecule has 0 aliphatic rings. The summed E-state index contributed by atoms with van der Waals surface area (Å²) in [6.45, 7) is -0.373. The Morgan fingerprint density at radius 1 is 1.18 bits per heavy atom. The summed E-state index contributed by atoms with van der Waals surface area (Å²) < 4.78 is 65.6. The highest BCUT2D eigenvalue weighted by Gasteiger charge is 2.38. The Kier molecular flexibility index (Phi) is 4.90. The van der Waals surface area contributed by atoms with Crippen LogP contribution in [0.5, 0.6) is 0 Å². The summed E-state index contributed by atoms with van der Waals surface area (Å²) in [5, 5.41) is 9.19. The zero-order chi connectivity index (χ0) is 20.7. The number of H-pyrrole nitrogens is 1. The smallest absolute Gasteiger partial charge is 0.417 e. The van der Waals surface area contributed by atoms with Gasteiger partial charge in [0.25, 0.3) is 0 Å². The normalized spacial score (nSPS) is 12.6. The maximum absolute atomic E-state index is 13.2. The van der Waals surface area contributed by atoms with E-state index in [1.807, 2.05) is 0 Å². The molecule has 2 aromatic carbocycles. The first kappa shape index (κ1) is 19.8. The number of halogens is 3. The average Bonchev–Trinajstić information content (AvgIpc) is 3.03. The number of sulfonamides is 1. The molecule has 0 unspecified atom stereocenters. The number of aromatic amines is 1. The average molecular weight is 413 g/mol. The first-order chi connectivity index (χ1) is 13.0. The van der Waals surface area contributed by atoms with E-state index in [4.69, 9.17) is 0 Å². The number of para-hydroxylation sites is 1. The second-order valence-electron chi connectivity index (χ2n) is 5.95. The number of carboxylic acid groups (broad SMARTS) is 1. The molecule has 0 aliphatic heterocycles. The van der Waals surface area contributed by atoms with Crippen LogP contribution in [0.3, 0.4) is 0 Å². The van der Waals surface area contributed by atoms with Gasteiger partial charge in [-0.2, -0.15) is 17.5 Å². The molecule has 1 aromatic heterocycles. The minimum absolute atomic E-state index is 0.0760. The molecule has 1 heterocycles. The molecule has 0 atom stereocenters. The van der Waals surface area contributed by atoms with Crippen molar-refractivity contribution in [2.75, 3.05) is 7.05 Å². The van der Waals surface area contributed by atoms with Crippen LogP contribution in [0.2, 0.25) is 0 Å². The molecule has 3 rings (SSSR count). The molecule has 0 amide bonds. The number of nitrogens with zero attached hydrogens (tertiary/aromatic N) is 2. The first-order valence-electron chi connectivity index (χ1n) is 7.85. The zero-order valence-electron chi connectivity index (χ0n) is 14.4. The molecular weight excluding hydrogens is 399 g/mol. The Morgan fingerprint density at radius 2 is 1.86 bits per heavy atom. The van der Waals surface area contributed by atoms with Gasteiger partial charge in [0.2, 0.25) is 10.0 Å². The van der Waals surface area contributed by atoms with Gasteiger partial charge in [-0.05, 0) is 24.3 Å². The number of imidazole rings is 1. The Morgan fingerprint density at radius 3 is 2.50 bits per heavy atom. The molecule has 0 bridgehead atoms. The number of carboxylic acids is 1. The lowest BCUT2D eigenvalue weighted by molar-refractivity contribution is -0.139. The summed E-state index contributed by atoms with van der Waals surface area (Å²) in [5.41, 5.74) is -0.838. The number of fused-ring (bicyclic) bond motifs is 1. The fourth-order valence-corrected chi connectivity index (χ4v) is 4.06. The number of rotatable bonds is 5. The molecule has 0 radical (unpaired) electrons. The number of benzene rings is 2. The molecule has 7 nitrogen and oxygen atoms in total. The minimum atomic E-state index is -4.83. The number of nitrogens with one attached hydrogen (secondary N) is 1. The van der Waals surface area contributed by atoms with Gasteiger partial charge in [0.15, 0.2) is 0 Å². The molecule has 0 saturated carbocycles. The lowest BCUT2D eigenvalue weighted by Gasteiger charge is -2.19. The Balaban J connectivity index is 1.97. The van der Waals surface area contributed by atoms with E-state index in [2.05, 4.69) is 9.97 Å². The van der Waals surface area contributed by atoms with Crippen molar-refractivity contribution in [2.24, 2.45) is 0 Å². The van der Waals surface area contributed by atoms with Crippen LogP contribution in [0.1, 0.15) is 21.7 Å². The molecule has 28 heavy (non-hydrogen) atoms. The summed E-state index contributed by atoms with van der Waals surface area (Å²) in [4.78, 5) is 17.3. The third-order valence-corrected chi connectivity index (χ3v) is 5.91. The zero-order valence-corrected chi connectivity index (χ0v) is 15.2. The van der Waals surface area contributed by atoms with Crippen molar-refractivity contribution in [3.05, 3.63) is 59.4 Å². The molecule has 0 aliphatic carbocycles. The van der Waals surface area contributed by atoms with Crippen molar-refractivity contribution in [3.63, 3.8) is 0 Å². The third kappa shape index (κ3) is 3.58. The van der Waals surface area contributed by atoms with Crippen LogP contribution in [0.15, 0.2) is 47.4 Å². The second kappa shape index (κ2) is 6.91. The van der Waals surface area contributed by atoms with Gasteiger partial charge in [0.05, 0.1) is 28.1 Å². The molecule has 2 N–H and O–H groups in total. The molecule has 0 spiro atoms. The third-order valence-electron chi connectivity index (χ3n) is 4.05. The van der Waals surface area contributed by atoms with E-state index in [1.54, 1.807) is 6.07 Å². The van der Waals surface area contributed by atoms with Gasteiger partial charge in [-0.15, -0.1) is 0 Å². The number of aromatic nitrogens is 2. The molecule has 3 aromatic rings. The quantitative estimate of drug-likeness (QED) is 0.669. The molecule has 0 saturated heterocycles. The highest BCUT2D eigenvalue weighted by molar-refractivity contribution is 7.89. The number of aromatic carboxylic acids is 1. The second-order valence-corrected chi connectivity index (χ2v) is 7.96. The van der Waals surface area contributed by atoms with E-state index in [0.717, 1.165) is 23.5 Å². The van der Waals surface area contributed by atoms with Crippen molar-refractivity contribution in [1.82, 2.24) is 14.3 Å². The number of hydrogen-bond donors (Lipinski definition) is 2. The van der Waals surface area contributed by atoms with Crippen LogP contribution in [0.25, 0.3) is 11.0 Å². The van der Waals surface area contributed by atoms with Crippen LogP contribution < -0.4 is 0 Å². The molecule has 0 fully saturated rings. The lowest BCUT2D eigenvalue weighted by Crippen LogP contribution is -2.29. The molecular formula is C17H14F3N3O4S. The van der Waals surface area contributed by atoms with E-state index in [0.29, 0.717) is 11.6 Å². The van der Waals surface area contributed by atoms with E-state index in [9.17, 15) is 31.5 Å². The van der Waals surface area contributed by atoms with Crippen LogP contribution in [0.4, 0.5) is 13.2 Å². The Bertz CT molecular complexity index is 1160. The van der Waals surface area contributed by atoms with Gasteiger partial charge in [0.1, 0.15) is 11.3 Å². The SMILES string of the molecule is CN(Cc1nc2c(C(=O)O)cccc2[nH]1)S(=O)(=O)c1ccccc1C(F)(F)F. The summed E-state index contributed by atoms with van der Waals surface area (Å²) in [7, 11) is -3.36. The predicted octanol–water partition coefficient (Wildman–Crippen LogP) is 3.10. The monoisotopic (exact) mass is 413 g/mol. The Hall–Kier alpha value is -2.92. The van der Waals surface area contributed by atoms with Crippen molar-refractivity contribution >= 4 is 27.0 Å². The fraction of sp³-hybridized carbons (Fsp3) is 0.176. The van der Waals surface area contributed by atoms with Crippen molar-refractivity contribution in [3.8, 4) is 0 Å². The van der Waals surface area contributed by atoms with E-state index >= 15 is 0 Å². The van der Waals surface area contributed by atoms with Gasteiger partial charge >= 0.3 is 12.1 Å². The van der Waals surface area contributed by atoms with Gasteiger partial charge in [-0.25, -0.2) is 18.2 Å². The summed E-state index contributed by atoms with van der Waals surface area (Å²) in [5.74, 6) is -1.11. The van der Waals surface area contributed by atoms with Crippen molar-refractivity contribution < 1.29 is 31.5 Å². The number of carbonyl (C=O) groups is 1. The predicted molar refractivity (Wildman–Crippen MR) is 93.1 cm³/mol. The van der Waals surface area contributed by atoms with Gasteiger partial charge < -0.3 is 10.1 Å². The first-order valence-corrected chi connectivity index (χ1v) is 9.29. The topological polar surface area (TPSA) is 103 Å². The Labute approximate surface area is 157 Å².